The smallest absolute Gasteiger partial charge is 0.480 e. The van der Waals surface area contributed by atoms with Crippen molar-refractivity contribution in [2.75, 3.05) is 7.11 Å². The molecule has 1 saturated heterocycles. The summed E-state index contributed by atoms with van der Waals surface area (Å²) in [5, 5.41) is 21.3. The largest absolute Gasteiger partial charge is 0.504 e. The number of aromatic hydroxyl groups is 1. The Balaban J connectivity index is 2.42. The Hall–Kier alpha value is -1.84. The minimum absolute atomic E-state index is 0.0267. The second kappa shape index (κ2) is 5.66. The maximum Gasteiger partial charge on any atom is 0.480 e. The van der Waals surface area contributed by atoms with Crippen LogP contribution >= 0.6 is 0 Å². The van der Waals surface area contributed by atoms with E-state index in [2.05, 4.69) is 0 Å². The van der Waals surface area contributed by atoms with Crippen molar-refractivity contribution < 1.29 is 24.1 Å². The molecule has 8 nitrogen and oxygen atoms in total. The molecule has 1 heterocycles. The lowest BCUT2D eigenvalue weighted by atomic mass is 9.74. The molecule has 1 aromatic rings. The molecule has 23 heavy (non-hydrogen) atoms. The van der Waals surface area contributed by atoms with Gasteiger partial charge in [0, 0.05) is 11.6 Å². The number of hydrogen-bond acceptors (Lipinski definition) is 7. The molecule has 1 atom stereocenters. The van der Waals surface area contributed by atoms with E-state index in [9.17, 15) is 15.2 Å². The predicted octanol–water partition coefficient (Wildman–Crippen LogP) is 1.94. The number of nitro groups is 1. The molecule has 1 aliphatic heterocycles. The van der Waals surface area contributed by atoms with Crippen LogP contribution in [-0.4, -0.2) is 35.5 Å². The second-order valence-electron chi connectivity index (χ2n) is 6.49. The van der Waals surface area contributed by atoms with Crippen LogP contribution in [0.2, 0.25) is 0 Å². The van der Waals surface area contributed by atoms with Crippen molar-refractivity contribution in [1.82, 2.24) is 0 Å². The van der Waals surface area contributed by atoms with Gasteiger partial charge in [-0.2, -0.15) is 0 Å². The van der Waals surface area contributed by atoms with Gasteiger partial charge in [-0.05, 0) is 27.7 Å². The standard InChI is InChI=1S/C14H21BN2O6/c1-13(2)14(3,4)23-15(22-13)12(16)9-6-8(17(19)20)7-10(21-5)11(9)18/h6-7,12,18H,16H2,1-5H3/t12-/m1/s1. The summed E-state index contributed by atoms with van der Waals surface area (Å²) < 4.78 is 16.7. The first-order valence-electron chi connectivity index (χ1n) is 7.16. The highest BCUT2D eigenvalue weighted by atomic mass is 16.7. The van der Waals surface area contributed by atoms with Gasteiger partial charge in [-0.3, -0.25) is 10.1 Å². The van der Waals surface area contributed by atoms with Gasteiger partial charge in [0.1, 0.15) is 0 Å². The van der Waals surface area contributed by atoms with Crippen LogP contribution in [-0.2, 0) is 9.31 Å². The summed E-state index contributed by atoms with van der Waals surface area (Å²) in [5.41, 5.74) is 4.84. The first-order valence-corrected chi connectivity index (χ1v) is 7.16. The fourth-order valence-corrected chi connectivity index (χ4v) is 2.31. The van der Waals surface area contributed by atoms with Crippen LogP contribution in [0.15, 0.2) is 12.1 Å². The van der Waals surface area contributed by atoms with Crippen LogP contribution in [0.1, 0.15) is 39.2 Å². The zero-order valence-corrected chi connectivity index (χ0v) is 13.8. The van der Waals surface area contributed by atoms with Crippen LogP contribution in [0.25, 0.3) is 0 Å². The highest BCUT2D eigenvalue weighted by molar-refractivity contribution is 6.47. The summed E-state index contributed by atoms with van der Waals surface area (Å²) >= 11 is 0. The van der Waals surface area contributed by atoms with Crippen LogP contribution in [0.5, 0.6) is 11.5 Å². The Morgan fingerprint density at radius 2 is 1.83 bits per heavy atom. The van der Waals surface area contributed by atoms with Gasteiger partial charge in [-0.1, -0.05) is 0 Å². The Bertz CT molecular complexity index is 618. The summed E-state index contributed by atoms with van der Waals surface area (Å²) in [4.78, 5) is 10.5. The lowest BCUT2D eigenvalue weighted by Crippen LogP contribution is -2.41. The van der Waals surface area contributed by atoms with E-state index in [0.717, 1.165) is 6.07 Å². The monoisotopic (exact) mass is 324 g/mol. The molecule has 0 aliphatic carbocycles. The summed E-state index contributed by atoms with van der Waals surface area (Å²) in [6.45, 7) is 7.47. The predicted molar refractivity (Wildman–Crippen MR) is 84.3 cm³/mol. The maximum absolute atomic E-state index is 11.0. The van der Waals surface area contributed by atoms with E-state index >= 15 is 0 Å². The van der Waals surface area contributed by atoms with Crippen molar-refractivity contribution in [3.05, 3.63) is 27.8 Å². The lowest BCUT2D eigenvalue weighted by Gasteiger charge is -2.32. The van der Waals surface area contributed by atoms with Gasteiger partial charge in [0.05, 0.1) is 35.2 Å². The van der Waals surface area contributed by atoms with Crippen molar-refractivity contribution in [2.45, 2.75) is 44.8 Å². The van der Waals surface area contributed by atoms with Crippen molar-refractivity contribution >= 4 is 12.8 Å². The number of nitrogens with zero attached hydrogens (tertiary/aromatic N) is 1. The molecule has 1 aromatic carbocycles. The van der Waals surface area contributed by atoms with Crippen LogP contribution in [0.4, 0.5) is 5.69 Å². The average molecular weight is 324 g/mol. The van der Waals surface area contributed by atoms with Crippen molar-refractivity contribution in [3.63, 3.8) is 0 Å². The molecule has 0 unspecified atom stereocenters. The number of benzene rings is 1. The number of rotatable bonds is 4. The number of nitro benzene ring substituents is 1. The van der Waals surface area contributed by atoms with Gasteiger partial charge in [0.2, 0.25) is 0 Å². The quantitative estimate of drug-likeness (QED) is 0.494. The highest BCUT2D eigenvalue weighted by Gasteiger charge is 2.54. The number of hydrogen-bond donors (Lipinski definition) is 2. The van der Waals surface area contributed by atoms with Crippen molar-refractivity contribution in [2.24, 2.45) is 5.73 Å². The molecule has 2 rings (SSSR count). The van der Waals surface area contributed by atoms with Gasteiger partial charge >= 0.3 is 7.12 Å². The number of phenolic OH excluding ortho intramolecular Hbond substituents is 1. The fourth-order valence-electron chi connectivity index (χ4n) is 2.31. The molecular weight excluding hydrogens is 303 g/mol. The SMILES string of the molecule is COc1cc([N+](=O)[O-])cc([C@@H](N)B2OC(C)(C)C(C)(C)O2)c1O. The Kier molecular flexibility index (Phi) is 4.31. The molecule has 0 spiro atoms. The normalized spacial score (nSPS) is 20.3. The van der Waals surface area contributed by atoms with E-state index in [0.29, 0.717) is 0 Å². The van der Waals surface area contributed by atoms with E-state index in [1.54, 1.807) is 0 Å². The maximum atomic E-state index is 11.0. The minimum Gasteiger partial charge on any atom is -0.504 e. The first-order chi connectivity index (χ1) is 10.5. The average Bonchev–Trinajstić information content (AvgIpc) is 2.66. The Morgan fingerprint density at radius 1 is 1.30 bits per heavy atom. The summed E-state index contributed by atoms with van der Waals surface area (Å²) in [6, 6.07) is 2.34. The molecule has 0 saturated carbocycles. The topological polar surface area (TPSA) is 117 Å². The number of non-ortho nitro benzene ring substituents is 1. The van der Waals surface area contributed by atoms with Gasteiger partial charge in [-0.15, -0.1) is 0 Å². The van der Waals surface area contributed by atoms with Crippen LogP contribution < -0.4 is 10.5 Å². The van der Waals surface area contributed by atoms with Crippen molar-refractivity contribution in [3.8, 4) is 11.5 Å². The van der Waals surface area contributed by atoms with E-state index in [1.807, 2.05) is 27.7 Å². The third-order valence-corrected chi connectivity index (χ3v) is 4.44. The highest BCUT2D eigenvalue weighted by Crippen LogP contribution is 2.43. The second-order valence-corrected chi connectivity index (χ2v) is 6.49. The van der Waals surface area contributed by atoms with Crippen molar-refractivity contribution in [1.29, 1.82) is 0 Å². The zero-order valence-electron chi connectivity index (χ0n) is 13.8. The van der Waals surface area contributed by atoms with E-state index in [-0.39, 0.29) is 22.7 Å². The molecule has 0 aromatic heterocycles. The first kappa shape index (κ1) is 17.5. The van der Waals surface area contributed by atoms with Gasteiger partial charge in [-0.25, -0.2) is 0 Å². The number of methoxy groups -OCH3 is 1. The Morgan fingerprint density at radius 3 is 2.26 bits per heavy atom. The molecule has 126 valence electrons. The summed E-state index contributed by atoms with van der Waals surface area (Å²) in [7, 11) is 0.459. The number of phenols is 1. The third-order valence-electron chi connectivity index (χ3n) is 4.44. The van der Waals surface area contributed by atoms with Gasteiger partial charge < -0.3 is 24.9 Å². The fraction of sp³-hybridized carbons (Fsp3) is 0.571. The molecule has 0 radical (unpaired) electrons. The zero-order chi connectivity index (χ0) is 17.6. The van der Waals surface area contributed by atoms with Crippen LogP contribution in [0, 0.1) is 10.1 Å². The summed E-state index contributed by atoms with van der Waals surface area (Å²) in [6.07, 6.45) is 0. The number of ether oxygens (including phenoxy) is 1. The van der Waals surface area contributed by atoms with Crippen LogP contribution in [0.3, 0.4) is 0 Å². The molecule has 1 aliphatic rings. The molecule has 0 bridgehead atoms. The molecule has 0 amide bonds. The molecule has 1 fully saturated rings. The Labute approximate surface area is 134 Å². The molecule has 3 N–H and O–H groups in total. The van der Waals surface area contributed by atoms with E-state index < -0.39 is 29.2 Å². The molecular formula is C14H21BN2O6. The number of nitrogens with two attached hydrogens (primary N) is 1. The van der Waals surface area contributed by atoms with E-state index in [4.69, 9.17) is 19.8 Å². The van der Waals surface area contributed by atoms with Gasteiger partial charge in [0.25, 0.3) is 5.69 Å². The lowest BCUT2D eigenvalue weighted by molar-refractivity contribution is -0.385. The molecule has 9 heteroatoms. The van der Waals surface area contributed by atoms with E-state index in [1.165, 1.54) is 13.2 Å². The van der Waals surface area contributed by atoms with Gasteiger partial charge in [0.15, 0.2) is 11.5 Å². The summed E-state index contributed by atoms with van der Waals surface area (Å²) in [5.74, 6) is -1.20. The minimum atomic E-state index is -0.912. The third kappa shape index (κ3) is 2.99.